The summed E-state index contributed by atoms with van der Waals surface area (Å²) < 4.78 is 0. The Kier molecular flexibility index (Phi) is 3.46. The van der Waals surface area contributed by atoms with Crippen molar-refractivity contribution in [3.63, 3.8) is 0 Å². The number of rotatable bonds is 2. The Bertz CT molecular complexity index is 354. The highest BCUT2D eigenvalue weighted by atomic mass is 16.3. The number of piperidine rings is 1. The van der Waals surface area contributed by atoms with Gasteiger partial charge in [0.15, 0.2) is 0 Å². The lowest BCUT2D eigenvalue weighted by Gasteiger charge is -2.35. The standard InChI is InChI=1S/C13H20N2O/c1-10-5-6-15(9-13(10)14)8-11-3-2-4-12(16)7-11/h2-4,7,10,13,16H,5-6,8-9,14H2,1H3. The predicted molar refractivity (Wildman–Crippen MR) is 65.1 cm³/mol. The monoisotopic (exact) mass is 220 g/mol. The molecule has 1 aliphatic heterocycles. The van der Waals surface area contributed by atoms with Crippen LogP contribution in [-0.2, 0) is 6.54 Å². The van der Waals surface area contributed by atoms with Crippen LogP contribution in [0.3, 0.4) is 0 Å². The highest BCUT2D eigenvalue weighted by molar-refractivity contribution is 5.27. The summed E-state index contributed by atoms with van der Waals surface area (Å²) in [7, 11) is 0. The van der Waals surface area contributed by atoms with Crippen molar-refractivity contribution in [1.82, 2.24) is 4.90 Å². The molecule has 0 bridgehead atoms. The van der Waals surface area contributed by atoms with Crippen molar-refractivity contribution in [2.24, 2.45) is 11.7 Å². The van der Waals surface area contributed by atoms with Crippen LogP contribution in [0.5, 0.6) is 5.75 Å². The molecule has 0 aromatic heterocycles. The van der Waals surface area contributed by atoms with Gasteiger partial charge in [0.2, 0.25) is 0 Å². The molecule has 0 saturated carbocycles. The van der Waals surface area contributed by atoms with E-state index in [9.17, 15) is 5.11 Å². The first-order chi connectivity index (χ1) is 7.65. The molecule has 0 amide bonds. The molecule has 3 nitrogen and oxygen atoms in total. The molecule has 1 fully saturated rings. The zero-order chi connectivity index (χ0) is 11.5. The van der Waals surface area contributed by atoms with Gasteiger partial charge in [0, 0.05) is 19.1 Å². The van der Waals surface area contributed by atoms with Crippen LogP contribution in [0.25, 0.3) is 0 Å². The average molecular weight is 220 g/mol. The molecule has 0 aliphatic carbocycles. The van der Waals surface area contributed by atoms with Gasteiger partial charge in [-0.2, -0.15) is 0 Å². The SMILES string of the molecule is CC1CCN(Cc2cccc(O)c2)CC1N. The quantitative estimate of drug-likeness (QED) is 0.795. The molecule has 1 heterocycles. The van der Waals surface area contributed by atoms with E-state index in [1.165, 1.54) is 6.42 Å². The maximum absolute atomic E-state index is 9.39. The van der Waals surface area contributed by atoms with Crippen LogP contribution in [0, 0.1) is 5.92 Å². The van der Waals surface area contributed by atoms with Gasteiger partial charge in [-0.1, -0.05) is 19.1 Å². The molecule has 0 radical (unpaired) electrons. The smallest absolute Gasteiger partial charge is 0.115 e. The zero-order valence-corrected chi connectivity index (χ0v) is 9.76. The summed E-state index contributed by atoms with van der Waals surface area (Å²) in [5.74, 6) is 0.965. The second-order valence-corrected chi connectivity index (χ2v) is 4.83. The van der Waals surface area contributed by atoms with E-state index in [2.05, 4.69) is 11.8 Å². The second-order valence-electron chi connectivity index (χ2n) is 4.83. The maximum atomic E-state index is 9.39. The van der Waals surface area contributed by atoms with E-state index in [0.29, 0.717) is 11.7 Å². The van der Waals surface area contributed by atoms with Crippen molar-refractivity contribution in [3.8, 4) is 5.75 Å². The minimum absolute atomic E-state index is 0.283. The lowest BCUT2D eigenvalue weighted by Crippen LogP contribution is -2.47. The van der Waals surface area contributed by atoms with Crippen LogP contribution < -0.4 is 5.73 Å². The summed E-state index contributed by atoms with van der Waals surface area (Å²) in [6.07, 6.45) is 1.17. The molecule has 2 unspecified atom stereocenters. The number of hydrogen-bond donors (Lipinski definition) is 2. The third kappa shape index (κ3) is 2.74. The van der Waals surface area contributed by atoms with Gasteiger partial charge >= 0.3 is 0 Å². The highest BCUT2D eigenvalue weighted by Crippen LogP contribution is 2.19. The largest absolute Gasteiger partial charge is 0.508 e. The Morgan fingerprint density at radius 2 is 2.31 bits per heavy atom. The Balaban J connectivity index is 1.95. The molecule has 1 aromatic carbocycles. The van der Waals surface area contributed by atoms with Crippen molar-refractivity contribution in [2.45, 2.75) is 25.9 Å². The molecule has 1 saturated heterocycles. The molecule has 88 valence electrons. The molecule has 1 aliphatic rings. The second kappa shape index (κ2) is 4.85. The summed E-state index contributed by atoms with van der Waals surface area (Å²) in [5.41, 5.74) is 7.22. The van der Waals surface area contributed by atoms with Crippen molar-refractivity contribution in [3.05, 3.63) is 29.8 Å². The van der Waals surface area contributed by atoms with Gasteiger partial charge in [-0.3, -0.25) is 4.90 Å². The minimum Gasteiger partial charge on any atom is -0.508 e. The molecule has 3 N–H and O–H groups in total. The number of nitrogens with zero attached hydrogens (tertiary/aromatic N) is 1. The fourth-order valence-electron chi connectivity index (χ4n) is 2.23. The van der Waals surface area contributed by atoms with Crippen LogP contribution in [0.1, 0.15) is 18.9 Å². The molecule has 16 heavy (non-hydrogen) atoms. The Morgan fingerprint density at radius 1 is 1.50 bits per heavy atom. The topological polar surface area (TPSA) is 49.5 Å². The molecule has 2 rings (SSSR count). The van der Waals surface area contributed by atoms with Crippen molar-refractivity contribution in [2.75, 3.05) is 13.1 Å². The molecule has 1 aromatic rings. The number of benzene rings is 1. The fraction of sp³-hybridized carbons (Fsp3) is 0.538. The van der Waals surface area contributed by atoms with Gasteiger partial charge in [-0.05, 0) is 36.6 Å². The minimum atomic E-state index is 0.283. The van der Waals surface area contributed by atoms with Gasteiger partial charge in [-0.25, -0.2) is 0 Å². The highest BCUT2D eigenvalue weighted by Gasteiger charge is 2.22. The zero-order valence-electron chi connectivity index (χ0n) is 9.76. The molecular weight excluding hydrogens is 200 g/mol. The van der Waals surface area contributed by atoms with Gasteiger partial charge in [-0.15, -0.1) is 0 Å². The van der Waals surface area contributed by atoms with Gasteiger partial charge in [0.05, 0.1) is 0 Å². The summed E-state index contributed by atoms with van der Waals surface area (Å²) in [4.78, 5) is 2.36. The number of phenols is 1. The number of phenolic OH excluding ortho intramolecular Hbond substituents is 1. The van der Waals surface area contributed by atoms with Crippen LogP contribution in [-0.4, -0.2) is 29.1 Å². The Morgan fingerprint density at radius 3 is 3.00 bits per heavy atom. The van der Waals surface area contributed by atoms with E-state index >= 15 is 0 Å². The van der Waals surface area contributed by atoms with E-state index in [1.807, 2.05) is 18.2 Å². The third-order valence-corrected chi connectivity index (χ3v) is 3.42. The van der Waals surface area contributed by atoms with Crippen LogP contribution in [0.2, 0.25) is 0 Å². The van der Waals surface area contributed by atoms with E-state index < -0.39 is 0 Å². The summed E-state index contributed by atoms with van der Waals surface area (Å²) in [6, 6.07) is 7.74. The molecular formula is C13H20N2O. The van der Waals surface area contributed by atoms with Crippen molar-refractivity contribution < 1.29 is 5.11 Å². The Labute approximate surface area is 96.9 Å². The first-order valence-electron chi connectivity index (χ1n) is 5.91. The summed E-state index contributed by atoms with van der Waals surface area (Å²) in [6.45, 7) is 5.16. The lowest BCUT2D eigenvalue weighted by atomic mass is 9.94. The number of nitrogens with two attached hydrogens (primary N) is 1. The van der Waals surface area contributed by atoms with Gasteiger partial charge in [0.1, 0.15) is 5.75 Å². The van der Waals surface area contributed by atoms with E-state index in [4.69, 9.17) is 5.73 Å². The molecule has 0 spiro atoms. The third-order valence-electron chi connectivity index (χ3n) is 3.42. The van der Waals surface area contributed by atoms with Crippen LogP contribution >= 0.6 is 0 Å². The first kappa shape index (κ1) is 11.4. The lowest BCUT2D eigenvalue weighted by molar-refractivity contribution is 0.162. The van der Waals surface area contributed by atoms with E-state index in [-0.39, 0.29) is 6.04 Å². The van der Waals surface area contributed by atoms with Gasteiger partial charge < -0.3 is 10.8 Å². The average Bonchev–Trinajstić information content (AvgIpc) is 2.24. The number of aromatic hydroxyl groups is 1. The molecule has 2 atom stereocenters. The fourth-order valence-corrected chi connectivity index (χ4v) is 2.23. The van der Waals surface area contributed by atoms with Crippen LogP contribution in [0.15, 0.2) is 24.3 Å². The van der Waals surface area contributed by atoms with Crippen LogP contribution in [0.4, 0.5) is 0 Å². The van der Waals surface area contributed by atoms with Crippen molar-refractivity contribution >= 4 is 0 Å². The first-order valence-corrected chi connectivity index (χ1v) is 5.91. The predicted octanol–water partition coefficient (Wildman–Crippen LogP) is 1.56. The van der Waals surface area contributed by atoms with E-state index in [1.54, 1.807) is 6.07 Å². The maximum Gasteiger partial charge on any atom is 0.115 e. The van der Waals surface area contributed by atoms with E-state index in [0.717, 1.165) is 25.2 Å². The summed E-state index contributed by atoms with van der Waals surface area (Å²) >= 11 is 0. The summed E-state index contributed by atoms with van der Waals surface area (Å²) in [5, 5.41) is 9.39. The number of hydrogen-bond acceptors (Lipinski definition) is 3. The Hall–Kier alpha value is -1.06. The number of likely N-dealkylation sites (tertiary alicyclic amines) is 1. The van der Waals surface area contributed by atoms with Gasteiger partial charge in [0.25, 0.3) is 0 Å². The normalized spacial score (nSPS) is 26.9. The van der Waals surface area contributed by atoms with Crippen molar-refractivity contribution in [1.29, 1.82) is 0 Å². The molecule has 3 heteroatoms.